The summed E-state index contributed by atoms with van der Waals surface area (Å²) in [5.41, 5.74) is 4.71. The lowest BCUT2D eigenvalue weighted by molar-refractivity contribution is 0.307. The van der Waals surface area contributed by atoms with Crippen LogP contribution in [0.5, 0.6) is 5.88 Å². The maximum absolute atomic E-state index is 14.8. The predicted molar refractivity (Wildman–Crippen MR) is 146 cm³/mol. The Morgan fingerprint density at radius 2 is 1.77 bits per heavy atom. The summed E-state index contributed by atoms with van der Waals surface area (Å²) in [6, 6.07) is 13.8. The Hall–Kier alpha value is -4.31. The van der Waals surface area contributed by atoms with E-state index < -0.39 is 15.7 Å². The number of hydrogen-bond donors (Lipinski definition) is 0. The summed E-state index contributed by atoms with van der Waals surface area (Å²) >= 11 is 0. The molecule has 0 aliphatic carbocycles. The minimum Gasteiger partial charge on any atom is -0.476 e. The number of ether oxygens (including phenoxy) is 1. The van der Waals surface area contributed by atoms with Crippen molar-refractivity contribution in [3.63, 3.8) is 0 Å². The molecule has 0 atom stereocenters. The second-order valence-corrected chi connectivity index (χ2v) is 11.2. The smallest absolute Gasteiger partial charge is 0.250 e. The molecule has 2 aromatic carbocycles. The van der Waals surface area contributed by atoms with Gasteiger partial charge in [0.05, 0.1) is 22.9 Å². The van der Waals surface area contributed by atoms with Crippen LogP contribution < -0.4 is 4.74 Å². The molecule has 39 heavy (non-hydrogen) atoms. The molecule has 0 radical (unpaired) electrons. The molecule has 0 amide bonds. The largest absolute Gasteiger partial charge is 0.476 e. The van der Waals surface area contributed by atoms with Gasteiger partial charge in [-0.2, -0.15) is 0 Å². The molecule has 3 aromatic heterocycles. The van der Waals surface area contributed by atoms with Gasteiger partial charge >= 0.3 is 0 Å². The normalized spacial score (nSPS) is 11.6. The van der Waals surface area contributed by atoms with Crippen LogP contribution >= 0.6 is 0 Å². The van der Waals surface area contributed by atoms with E-state index >= 15 is 0 Å². The number of benzene rings is 2. The van der Waals surface area contributed by atoms with Crippen LogP contribution in [0.3, 0.4) is 0 Å². The molecule has 0 saturated heterocycles. The molecule has 0 fully saturated rings. The molecule has 0 bridgehead atoms. The monoisotopic (exact) mass is 546 g/mol. The van der Waals surface area contributed by atoms with Crippen molar-refractivity contribution < 1.29 is 22.0 Å². The van der Waals surface area contributed by atoms with Crippen molar-refractivity contribution in [1.29, 1.82) is 0 Å². The molecule has 200 valence electrons. The Morgan fingerprint density at radius 1 is 1.00 bits per heavy atom. The first-order valence-electron chi connectivity index (χ1n) is 12.3. The number of rotatable bonds is 7. The zero-order valence-electron chi connectivity index (χ0n) is 22.2. The summed E-state index contributed by atoms with van der Waals surface area (Å²) in [7, 11) is -3.39. The van der Waals surface area contributed by atoms with E-state index in [2.05, 4.69) is 15.0 Å². The maximum atomic E-state index is 14.8. The first-order valence-corrected chi connectivity index (χ1v) is 14.2. The van der Waals surface area contributed by atoms with Gasteiger partial charge in [0.2, 0.25) is 5.88 Å². The molecule has 0 aliphatic rings. The van der Waals surface area contributed by atoms with E-state index in [0.29, 0.717) is 28.5 Å². The second kappa shape index (κ2) is 10.1. The van der Waals surface area contributed by atoms with Gasteiger partial charge < -0.3 is 13.7 Å². The molecule has 8 nitrogen and oxygen atoms in total. The number of imidazole rings is 1. The minimum absolute atomic E-state index is 0.0861. The summed E-state index contributed by atoms with van der Waals surface area (Å²) in [4.78, 5) is 13.6. The van der Waals surface area contributed by atoms with Gasteiger partial charge in [-0.3, -0.25) is 0 Å². The summed E-state index contributed by atoms with van der Waals surface area (Å²) in [5.74, 6) is 0.818. The van der Waals surface area contributed by atoms with Gasteiger partial charge in [0.15, 0.2) is 27.3 Å². The number of sulfone groups is 1. The highest BCUT2D eigenvalue weighted by atomic mass is 32.2. The number of oxazole rings is 1. The van der Waals surface area contributed by atoms with Crippen molar-refractivity contribution in [2.24, 2.45) is 0 Å². The van der Waals surface area contributed by atoms with Crippen LogP contribution in [0, 0.1) is 26.6 Å². The van der Waals surface area contributed by atoms with Gasteiger partial charge in [0.1, 0.15) is 11.5 Å². The van der Waals surface area contributed by atoms with Gasteiger partial charge in [-0.25, -0.2) is 27.8 Å². The molecule has 0 spiro atoms. The zero-order valence-corrected chi connectivity index (χ0v) is 23.0. The van der Waals surface area contributed by atoms with Gasteiger partial charge in [-0.15, -0.1) is 0 Å². The SMILES string of the molecule is CCOc1ncc(-c2oc(C)nc2-c2cc(-c3cccc(S(C)(=O)=O)c3)ccc2-n2cc(C)nc2C)cc1F. The molecule has 3 heterocycles. The van der Waals surface area contributed by atoms with E-state index in [-0.39, 0.29) is 17.4 Å². The standard InChI is InChI=1S/C29H27FN4O4S/c1-6-37-29-25(30)14-22(15-31-29)28-27(33-19(4)38-28)24-13-21(20-8-7-9-23(12-20)39(5,35)36)10-11-26(24)34-16-17(2)32-18(34)3/h7-16H,6H2,1-5H3. The van der Waals surface area contributed by atoms with Crippen LogP contribution in [0.4, 0.5) is 4.39 Å². The van der Waals surface area contributed by atoms with Crippen molar-refractivity contribution in [3.05, 3.63) is 84.2 Å². The average molecular weight is 547 g/mol. The van der Waals surface area contributed by atoms with E-state index in [1.54, 1.807) is 32.0 Å². The second-order valence-electron chi connectivity index (χ2n) is 9.19. The van der Waals surface area contributed by atoms with E-state index in [4.69, 9.17) is 9.15 Å². The zero-order chi connectivity index (χ0) is 27.9. The first-order chi connectivity index (χ1) is 18.5. The Kier molecular flexibility index (Phi) is 6.82. The summed E-state index contributed by atoms with van der Waals surface area (Å²) in [6.45, 7) is 7.58. The van der Waals surface area contributed by atoms with Crippen LogP contribution in [-0.4, -0.2) is 40.8 Å². The van der Waals surface area contributed by atoms with Crippen LogP contribution in [0.15, 0.2) is 70.2 Å². The average Bonchev–Trinajstić information content (AvgIpc) is 3.45. The van der Waals surface area contributed by atoms with Gasteiger partial charge in [-0.1, -0.05) is 18.2 Å². The molecule has 10 heteroatoms. The highest BCUT2D eigenvalue weighted by molar-refractivity contribution is 7.90. The summed E-state index contributed by atoms with van der Waals surface area (Å²) in [5, 5.41) is 0. The van der Waals surface area contributed by atoms with Gasteiger partial charge in [0.25, 0.3) is 0 Å². The Morgan fingerprint density at radius 3 is 2.44 bits per heavy atom. The molecule has 0 saturated carbocycles. The van der Waals surface area contributed by atoms with Crippen LogP contribution in [0.25, 0.3) is 39.4 Å². The van der Waals surface area contributed by atoms with Crippen LogP contribution in [0.1, 0.15) is 24.3 Å². The molecule has 5 rings (SSSR count). The van der Waals surface area contributed by atoms with Crippen molar-refractivity contribution in [1.82, 2.24) is 19.5 Å². The fraction of sp³-hybridized carbons (Fsp3) is 0.207. The molecular formula is C29H27FN4O4S. The third-order valence-corrected chi connectivity index (χ3v) is 7.30. The Labute approximate surface area is 226 Å². The lowest BCUT2D eigenvalue weighted by atomic mass is 9.98. The van der Waals surface area contributed by atoms with Crippen molar-refractivity contribution in [2.75, 3.05) is 12.9 Å². The third-order valence-electron chi connectivity index (χ3n) is 6.19. The molecule has 0 unspecified atom stereocenters. The summed E-state index contributed by atoms with van der Waals surface area (Å²) in [6.07, 6.45) is 4.59. The highest BCUT2D eigenvalue weighted by Crippen LogP contribution is 2.39. The fourth-order valence-electron chi connectivity index (χ4n) is 4.48. The Bertz CT molecular complexity index is 1810. The lowest BCUT2D eigenvalue weighted by Gasteiger charge is -2.14. The number of nitrogens with zero attached hydrogens (tertiary/aromatic N) is 4. The molecule has 0 N–H and O–H groups in total. The number of aromatic nitrogens is 4. The Balaban J connectivity index is 1.74. The molecule has 0 aliphatic heterocycles. The minimum atomic E-state index is -3.39. The molecular weight excluding hydrogens is 519 g/mol. The number of aryl methyl sites for hydroxylation is 3. The maximum Gasteiger partial charge on any atom is 0.250 e. The van der Waals surface area contributed by atoms with Crippen molar-refractivity contribution in [2.45, 2.75) is 32.6 Å². The number of halogens is 1. The van der Waals surface area contributed by atoms with Gasteiger partial charge in [0, 0.05) is 36.7 Å². The van der Waals surface area contributed by atoms with E-state index in [0.717, 1.165) is 28.3 Å². The van der Waals surface area contributed by atoms with E-state index in [1.165, 1.54) is 18.5 Å². The quantitative estimate of drug-likeness (QED) is 0.242. The van der Waals surface area contributed by atoms with E-state index in [9.17, 15) is 12.8 Å². The van der Waals surface area contributed by atoms with E-state index in [1.807, 2.05) is 48.9 Å². The molecule has 5 aromatic rings. The van der Waals surface area contributed by atoms with Gasteiger partial charge in [-0.05, 0) is 62.2 Å². The lowest BCUT2D eigenvalue weighted by Crippen LogP contribution is -2.01. The number of pyridine rings is 1. The third kappa shape index (κ3) is 5.20. The highest BCUT2D eigenvalue weighted by Gasteiger charge is 2.22. The fourth-order valence-corrected chi connectivity index (χ4v) is 5.15. The van der Waals surface area contributed by atoms with Crippen LogP contribution in [-0.2, 0) is 9.84 Å². The first kappa shape index (κ1) is 26.3. The topological polar surface area (TPSA) is 100 Å². The van der Waals surface area contributed by atoms with Crippen LogP contribution in [0.2, 0.25) is 0 Å². The summed E-state index contributed by atoms with van der Waals surface area (Å²) < 4.78 is 52.4. The number of hydrogen-bond acceptors (Lipinski definition) is 7. The van der Waals surface area contributed by atoms with Crippen molar-refractivity contribution in [3.8, 4) is 45.3 Å². The van der Waals surface area contributed by atoms with Crippen molar-refractivity contribution >= 4 is 9.84 Å². The predicted octanol–water partition coefficient (Wildman–Crippen LogP) is 6.12.